The SMILES string of the molecule is CN(C)C#CC1(C(F)(F)F)OC(=O)Nc2ccc(Cl)cc21. The van der Waals surface area contributed by atoms with Gasteiger partial charge in [-0.25, -0.2) is 4.79 Å². The van der Waals surface area contributed by atoms with Gasteiger partial charge in [0.15, 0.2) is 0 Å². The zero-order chi connectivity index (χ0) is 15.8. The van der Waals surface area contributed by atoms with E-state index in [4.69, 9.17) is 11.6 Å². The minimum atomic E-state index is -4.92. The molecule has 4 nitrogen and oxygen atoms in total. The summed E-state index contributed by atoms with van der Waals surface area (Å²) in [5.74, 6) is 2.00. The molecule has 112 valence electrons. The molecule has 0 radical (unpaired) electrons. The normalized spacial score (nSPS) is 20.6. The maximum Gasteiger partial charge on any atom is 0.445 e. The van der Waals surface area contributed by atoms with Crippen LogP contribution in [0.25, 0.3) is 0 Å². The van der Waals surface area contributed by atoms with Crippen LogP contribution >= 0.6 is 11.6 Å². The molecule has 0 aromatic heterocycles. The lowest BCUT2D eigenvalue weighted by atomic mass is 9.90. The van der Waals surface area contributed by atoms with E-state index in [1.54, 1.807) is 0 Å². The fourth-order valence-electron chi connectivity index (χ4n) is 1.81. The second-order valence-corrected chi connectivity index (χ2v) is 4.95. The molecule has 1 unspecified atom stereocenters. The number of amides is 1. The summed E-state index contributed by atoms with van der Waals surface area (Å²) < 4.78 is 45.2. The van der Waals surface area contributed by atoms with Crippen LogP contribution in [0.4, 0.5) is 23.7 Å². The summed E-state index contributed by atoms with van der Waals surface area (Å²) in [6.45, 7) is 0. The third-order valence-electron chi connectivity index (χ3n) is 2.70. The first-order valence-corrected chi connectivity index (χ1v) is 6.10. The summed E-state index contributed by atoms with van der Waals surface area (Å²) in [6, 6.07) is 5.98. The molecule has 1 aromatic carbocycles. The molecule has 1 N–H and O–H groups in total. The highest BCUT2D eigenvalue weighted by Gasteiger charge is 2.62. The Balaban J connectivity index is 2.75. The molecule has 0 spiro atoms. The molecular weight excluding hydrogens is 309 g/mol. The Morgan fingerprint density at radius 1 is 1.38 bits per heavy atom. The fourth-order valence-corrected chi connectivity index (χ4v) is 1.98. The largest absolute Gasteiger partial charge is 0.445 e. The summed E-state index contributed by atoms with van der Waals surface area (Å²) in [6.07, 6.45) is -6.15. The third-order valence-corrected chi connectivity index (χ3v) is 2.93. The molecule has 1 aliphatic heterocycles. The van der Waals surface area contributed by atoms with E-state index in [1.165, 1.54) is 31.1 Å². The maximum absolute atomic E-state index is 13.6. The van der Waals surface area contributed by atoms with Crippen molar-refractivity contribution in [1.82, 2.24) is 4.90 Å². The van der Waals surface area contributed by atoms with Crippen LogP contribution in [0.5, 0.6) is 0 Å². The minimum Gasteiger partial charge on any atom is -0.415 e. The summed E-state index contributed by atoms with van der Waals surface area (Å²) in [5, 5.41) is 2.28. The van der Waals surface area contributed by atoms with Crippen LogP contribution in [0.1, 0.15) is 5.56 Å². The van der Waals surface area contributed by atoms with Crippen molar-refractivity contribution in [3.63, 3.8) is 0 Å². The van der Waals surface area contributed by atoms with Crippen molar-refractivity contribution in [1.29, 1.82) is 0 Å². The Hall–Kier alpha value is -2.07. The minimum absolute atomic E-state index is 0.0407. The highest BCUT2D eigenvalue weighted by molar-refractivity contribution is 6.30. The van der Waals surface area contributed by atoms with Gasteiger partial charge in [0.25, 0.3) is 5.60 Å². The second-order valence-electron chi connectivity index (χ2n) is 4.51. The Morgan fingerprint density at radius 2 is 2.05 bits per heavy atom. The van der Waals surface area contributed by atoms with E-state index in [9.17, 15) is 18.0 Å². The van der Waals surface area contributed by atoms with E-state index >= 15 is 0 Å². The van der Waals surface area contributed by atoms with Crippen LogP contribution in [-0.4, -0.2) is 31.3 Å². The first-order valence-electron chi connectivity index (χ1n) is 5.72. The predicted octanol–water partition coefficient (Wildman–Crippen LogP) is 3.18. The standard InChI is InChI=1S/C13H10ClF3N2O2/c1-19(2)6-5-12(13(15,16)17)9-7-8(14)3-4-10(9)18-11(20)21-12/h3-4,7H,1-2H3,(H,18,20). The average Bonchev–Trinajstić information content (AvgIpc) is 2.35. The van der Waals surface area contributed by atoms with Gasteiger partial charge in [-0.05, 0) is 24.1 Å². The zero-order valence-electron chi connectivity index (χ0n) is 11.0. The van der Waals surface area contributed by atoms with E-state index < -0.39 is 17.9 Å². The monoisotopic (exact) mass is 318 g/mol. The number of halogens is 4. The van der Waals surface area contributed by atoms with Gasteiger partial charge in [0.05, 0.1) is 5.69 Å². The number of benzene rings is 1. The van der Waals surface area contributed by atoms with Crippen molar-refractivity contribution in [2.24, 2.45) is 0 Å². The van der Waals surface area contributed by atoms with Crippen LogP contribution in [0, 0.1) is 12.0 Å². The van der Waals surface area contributed by atoms with Gasteiger partial charge >= 0.3 is 12.3 Å². The quantitative estimate of drug-likeness (QED) is 0.590. The fraction of sp³-hybridized carbons (Fsp3) is 0.308. The van der Waals surface area contributed by atoms with E-state index in [0.29, 0.717) is 0 Å². The van der Waals surface area contributed by atoms with Gasteiger partial charge in [-0.3, -0.25) is 5.32 Å². The Labute approximate surface area is 123 Å². The zero-order valence-corrected chi connectivity index (χ0v) is 11.8. The number of rotatable bonds is 0. The molecule has 1 aliphatic rings. The van der Waals surface area contributed by atoms with Crippen molar-refractivity contribution in [3.8, 4) is 12.0 Å². The lowest BCUT2D eigenvalue weighted by Crippen LogP contribution is -2.49. The van der Waals surface area contributed by atoms with Crippen molar-refractivity contribution in [3.05, 3.63) is 28.8 Å². The van der Waals surface area contributed by atoms with Crippen molar-refractivity contribution >= 4 is 23.4 Å². The van der Waals surface area contributed by atoms with Crippen LogP contribution < -0.4 is 5.32 Å². The number of hydrogen-bond acceptors (Lipinski definition) is 3. The third kappa shape index (κ3) is 2.72. The molecule has 1 heterocycles. The number of carbonyl (C=O) groups is 1. The number of hydrogen-bond donors (Lipinski definition) is 1. The molecule has 0 saturated carbocycles. The molecule has 1 amide bonds. The topological polar surface area (TPSA) is 41.6 Å². The molecule has 2 rings (SSSR count). The lowest BCUT2D eigenvalue weighted by Gasteiger charge is -2.35. The van der Waals surface area contributed by atoms with Crippen LogP contribution in [0.3, 0.4) is 0 Å². The van der Waals surface area contributed by atoms with Gasteiger partial charge < -0.3 is 9.64 Å². The molecular formula is C13H10ClF3N2O2. The summed E-state index contributed by atoms with van der Waals surface area (Å²) in [5.41, 5.74) is -3.45. The Kier molecular flexibility index (Phi) is 3.68. The molecule has 8 heteroatoms. The smallest absolute Gasteiger partial charge is 0.415 e. The summed E-state index contributed by atoms with van der Waals surface area (Å²) in [4.78, 5) is 12.7. The molecule has 21 heavy (non-hydrogen) atoms. The first-order chi connectivity index (χ1) is 9.65. The molecule has 0 saturated heterocycles. The number of nitrogens with zero attached hydrogens (tertiary/aromatic N) is 1. The molecule has 0 bridgehead atoms. The summed E-state index contributed by atoms with van der Waals surface area (Å²) >= 11 is 5.76. The van der Waals surface area contributed by atoms with Gasteiger partial charge in [0.1, 0.15) is 0 Å². The average molecular weight is 319 g/mol. The number of nitrogens with one attached hydrogen (secondary N) is 1. The van der Waals surface area contributed by atoms with E-state index in [0.717, 1.165) is 6.07 Å². The van der Waals surface area contributed by atoms with E-state index in [1.807, 2.05) is 5.92 Å². The number of ether oxygens (including phenoxy) is 1. The van der Waals surface area contributed by atoms with Crippen LogP contribution in [0.15, 0.2) is 18.2 Å². The van der Waals surface area contributed by atoms with Crippen molar-refractivity contribution in [2.75, 3.05) is 19.4 Å². The first kappa shape index (κ1) is 15.3. The van der Waals surface area contributed by atoms with Gasteiger partial charge in [-0.1, -0.05) is 11.6 Å². The number of anilines is 1. The van der Waals surface area contributed by atoms with Gasteiger partial charge in [0.2, 0.25) is 0 Å². The number of cyclic esters (lactones) is 1. The second kappa shape index (κ2) is 5.04. The Bertz CT molecular complexity index is 649. The van der Waals surface area contributed by atoms with E-state index in [-0.39, 0.29) is 16.3 Å². The van der Waals surface area contributed by atoms with E-state index in [2.05, 4.69) is 16.1 Å². The maximum atomic E-state index is 13.6. The number of alkyl halides is 3. The van der Waals surface area contributed by atoms with Crippen LogP contribution in [0.2, 0.25) is 5.02 Å². The molecule has 1 atom stereocenters. The van der Waals surface area contributed by atoms with Gasteiger partial charge in [-0.2, -0.15) is 13.2 Å². The predicted molar refractivity (Wildman–Crippen MR) is 70.8 cm³/mol. The highest BCUT2D eigenvalue weighted by atomic mass is 35.5. The number of fused-ring (bicyclic) bond motifs is 1. The highest BCUT2D eigenvalue weighted by Crippen LogP contribution is 2.47. The lowest BCUT2D eigenvalue weighted by molar-refractivity contribution is -0.239. The van der Waals surface area contributed by atoms with Crippen molar-refractivity contribution in [2.45, 2.75) is 11.8 Å². The molecule has 1 aromatic rings. The summed E-state index contributed by atoms with van der Waals surface area (Å²) in [7, 11) is 2.94. The van der Waals surface area contributed by atoms with Crippen LogP contribution in [-0.2, 0) is 10.3 Å². The van der Waals surface area contributed by atoms with Gasteiger partial charge in [0, 0.05) is 30.7 Å². The van der Waals surface area contributed by atoms with Gasteiger partial charge in [-0.15, -0.1) is 0 Å². The Morgan fingerprint density at radius 3 is 2.62 bits per heavy atom. The molecule has 0 fully saturated rings. The van der Waals surface area contributed by atoms with Crippen molar-refractivity contribution < 1.29 is 22.7 Å². The number of carbonyl (C=O) groups excluding carboxylic acids is 1. The molecule has 0 aliphatic carbocycles.